The van der Waals surface area contributed by atoms with Gasteiger partial charge in [-0.2, -0.15) is 0 Å². The highest BCUT2D eigenvalue weighted by Crippen LogP contribution is 2.24. The van der Waals surface area contributed by atoms with Crippen LogP contribution in [-0.4, -0.2) is 43.4 Å². The number of carbonyl (C=O) groups is 1. The highest BCUT2D eigenvalue weighted by Gasteiger charge is 2.24. The maximum atomic E-state index is 11.5. The summed E-state index contributed by atoms with van der Waals surface area (Å²) in [7, 11) is 1.47. The Hall–Kier alpha value is -0.650. The molecule has 5 nitrogen and oxygen atoms in total. The van der Waals surface area contributed by atoms with Crippen LogP contribution in [0.4, 0.5) is 0 Å². The maximum absolute atomic E-state index is 11.5. The van der Waals surface area contributed by atoms with E-state index in [-0.39, 0.29) is 18.6 Å². The molecule has 0 aromatic rings. The first-order valence-electron chi connectivity index (χ1n) is 5.36. The molecule has 15 heavy (non-hydrogen) atoms. The minimum atomic E-state index is -0.559. The second kappa shape index (κ2) is 6.05. The van der Waals surface area contributed by atoms with Gasteiger partial charge in [-0.1, -0.05) is 0 Å². The quantitative estimate of drug-likeness (QED) is 0.564. The van der Waals surface area contributed by atoms with E-state index in [2.05, 4.69) is 5.32 Å². The van der Waals surface area contributed by atoms with Crippen LogP contribution in [-0.2, 0) is 9.53 Å². The number of methoxy groups -OCH3 is 1. The van der Waals surface area contributed by atoms with Crippen LogP contribution in [0.1, 0.15) is 19.3 Å². The monoisotopic (exact) mass is 216 g/mol. The van der Waals surface area contributed by atoms with Gasteiger partial charge < -0.3 is 20.9 Å². The summed E-state index contributed by atoms with van der Waals surface area (Å²) in [6.45, 7) is 0.797. The fraction of sp³-hybridized carbons (Fsp3) is 0.900. The molecule has 0 aromatic carbocycles. The van der Waals surface area contributed by atoms with Crippen LogP contribution < -0.4 is 11.1 Å². The predicted octanol–water partition coefficient (Wildman–Crippen LogP) is -0.763. The van der Waals surface area contributed by atoms with Crippen LogP contribution in [0.15, 0.2) is 0 Å². The number of aliphatic hydroxyl groups excluding tert-OH is 1. The van der Waals surface area contributed by atoms with Crippen molar-refractivity contribution in [3.8, 4) is 0 Å². The topological polar surface area (TPSA) is 84.6 Å². The number of ether oxygens (including phenoxy) is 1. The van der Waals surface area contributed by atoms with Crippen molar-refractivity contribution in [2.45, 2.75) is 31.5 Å². The Labute approximate surface area is 90.0 Å². The molecule has 1 aliphatic carbocycles. The van der Waals surface area contributed by atoms with E-state index in [1.165, 1.54) is 7.11 Å². The molecule has 88 valence electrons. The summed E-state index contributed by atoms with van der Waals surface area (Å²) in [5, 5.41) is 12.1. The number of rotatable bonds is 5. The number of hydrogen-bond donors (Lipinski definition) is 3. The lowest BCUT2D eigenvalue weighted by molar-refractivity contribution is -0.130. The van der Waals surface area contributed by atoms with E-state index in [0.717, 1.165) is 19.3 Å². The van der Waals surface area contributed by atoms with Gasteiger partial charge in [-0.3, -0.25) is 4.79 Å². The van der Waals surface area contributed by atoms with Gasteiger partial charge in [0.05, 0.1) is 6.10 Å². The summed E-state index contributed by atoms with van der Waals surface area (Å²) in [5.74, 6) is 0.223. The fourth-order valence-corrected chi connectivity index (χ4v) is 1.90. The number of hydrogen-bond acceptors (Lipinski definition) is 4. The van der Waals surface area contributed by atoms with Crippen molar-refractivity contribution in [1.82, 2.24) is 5.32 Å². The van der Waals surface area contributed by atoms with Gasteiger partial charge in [-0.25, -0.2) is 0 Å². The normalized spacial score (nSPS) is 27.7. The predicted molar refractivity (Wildman–Crippen MR) is 56.2 cm³/mol. The van der Waals surface area contributed by atoms with E-state index >= 15 is 0 Å². The fourth-order valence-electron chi connectivity index (χ4n) is 1.90. The minimum absolute atomic E-state index is 0.165. The molecule has 1 amide bonds. The summed E-state index contributed by atoms with van der Waals surface area (Å²) in [6.07, 6.45) is 1.84. The summed E-state index contributed by atoms with van der Waals surface area (Å²) >= 11 is 0. The number of nitrogens with one attached hydrogen (secondary N) is 1. The van der Waals surface area contributed by atoms with Crippen LogP contribution >= 0.6 is 0 Å². The Morgan fingerprint density at radius 2 is 2.40 bits per heavy atom. The first kappa shape index (κ1) is 12.4. The largest absolute Gasteiger partial charge is 0.393 e. The summed E-state index contributed by atoms with van der Waals surface area (Å²) in [6, 6.07) is 0. The van der Waals surface area contributed by atoms with Crippen LogP contribution in [0.25, 0.3) is 0 Å². The Morgan fingerprint density at radius 1 is 1.67 bits per heavy atom. The molecular formula is C10H20N2O3. The third-order valence-corrected chi connectivity index (χ3v) is 2.87. The molecule has 0 aromatic heterocycles. The highest BCUT2D eigenvalue weighted by atomic mass is 16.5. The average Bonchev–Trinajstić information content (AvgIpc) is 2.63. The van der Waals surface area contributed by atoms with Gasteiger partial charge in [-0.15, -0.1) is 0 Å². The first-order chi connectivity index (χ1) is 7.17. The smallest absolute Gasteiger partial charge is 0.250 e. The standard InChI is InChI=1S/C10H20N2O3/c1-15-9(5-11)10(14)12-6-7-2-3-8(13)4-7/h7-9,13H,2-6,11H2,1H3,(H,12,14). The van der Waals surface area contributed by atoms with Crippen molar-refractivity contribution >= 4 is 5.91 Å². The van der Waals surface area contributed by atoms with E-state index in [4.69, 9.17) is 10.5 Å². The first-order valence-corrected chi connectivity index (χ1v) is 5.36. The molecule has 0 radical (unpaired) electrons. The van der Waals surface area contributed by atoms with Gasteiger partial charge in [0.25, 0.3) is 0 Å². The SMILES string of the molecule is COC(CN)C(=O)NCC1CCC(O)C1. The third-order valence-electron chi connectivity index (χ3n) is 2.87. The van der Waals surface area contributed by atoms with Crippen molar-refractivity contribution in [1.29, 1.82) is 0 Å². The molecule has 0 saturated heterocycles. The second-order valence-corrected chi connectivity index (χ2v) is 4.04. The highest BCUT2D eigenvalue weighted by molar-refractivity contribution is 5.80. The molecule has 0 spiro atoms. The summed E-state index contributed by atoms with van der Waals surface area (Å²) in [5.41, 5.74) is 5.36. The van der Waals surface area contributed by atoms with Gasteiger partial charge in [0.1, 0.15) is 6.10 Å². The Balaban J connectivity index is 2.21. The molecule has 1 saturated carbocycles. The average molecular weight is 216 g/mol. The molecule has 4 N–H and O–H groups in total. The molecule has 0 heterocycles. The van der Waals surface area contributed by atoms with Crippen molar-refractivity contribution in [3.63, 3.8) is 0 Å². The molecule has 5 heteroatoms. The van der Waals surface area contributed by atoms with Crippen LogP contribution in [0.5, 0.6) is 0 Å². The van der Waals surface area contributed by atoms with Crippen molar-refractivity contribution in [3.05, 3.63) is 0 Å². The summed E-state index contributed by atoms with van der Waals surface area (Å²) < 4.78 is 4.91. The number of carbonyl (C=O) groups excluding carboxylic acids is 1. The van der Waals surface area contributed by atoms with Gasteiger partial charge in [-0.05, 0) is 25.2 Å². The summed E-state index contributed by atoms with van der Waals surface area (Å²) in [4.78, 5) is 11.5. The van der Waals surface area contributed by atoms with E-state index in [9.17, 15) is 9.90 Å². The minimum Gasteiger partial charge on any atom is -0.393 e. The molecule has 3 atom stereocenters. The van der Waals surface area contributed by atoms with Crippen LogP contribution in [0.3, 0.4) is 0 Å². The zero-order chi connectivity index (χ0) is 11.3. The lowest BCUT2D eigenvalue weighted by atomic mass is 10.1. The van der Waals surface area contributed by atoms with Crippen molar-refractivity contribution < 1.29 is 14.6 Å². The third kappa shape index (κ3) is 3.77. The number of amides is 1. The number of nitrogens with two attached hydrogens (primary N) is 1. The molecular weight excluding hydrogens is 196 g/mol. The second-order valence-electron chi connectivity index (χ2n) is 4.04. The van der Waals surface area contributed by atoms with E-state index in [0.29, 0.717) is 12.5 Å². The van der Waals surface area contributed by atoms with Crippen LogP contribution in [0.2, 0.25) is 0 Å². The lowest BCUT2D eigenvalue weighted by Crippen LogP contribution is -2.42. The van der Waals surface area contributed by atoms with Crippen molar-refractivity contribution in [2.75, 3.05) is 20.2 Å². The lowest BCUT2D eigenvalue weighted by Gasteiger charge is -2.15. The van der Waals surface area contributed by atoms with Gasteiger partial charge in [0.2, 0.25) is 5.91 Å². The van der Waals surface area contributed by atoms with E-state index in [1.807, 2.05) is 0 Å². The van der Waals surface area contributed by atoms with Crippen molar-refractivity contribution in [2.24, 2.45) is 11.7 Å². The molecule has 0 aliphatic heterocycles. The number of aliphatic hydroxyl groups is 1. The molecule has 1 aliphatic rings. The zero-order valence-corrected chi connectivity index (χ0v) is 9.11. The molecule has 0 bridgehead atoms. The Bertz CT molecular complexity index is 207. The molecule has 1 rings (SSSR count). The van der Waals surface area contributed by atoms with Gasteiger partial charge in [0, 0.05) is 20.2 Å². The molecule has 3 unspecified atom stereocenters. The van der Waals surface area contributed by atoms with Gasteiger partial charge >= 0.3 is 0 Å². The molecule has 1 fully saturated rings. The zero-order valence-electron chi connectivity index (χ0n) is 9.11. The Kier molecular flexibility index (Phi) is 5.01. The van der Waals surface area contributed by atoms with Gasteiger partial charge in [0.15, 0.2) is 0 Å². The van der Waals surface area contributed by atoms with E-state index < -0.39 is 6.10 Å². The van der Waals surface area contributed by atoms with E-state index in [1.54, 1.807) is 0 Å². The maximum Gasteiger partial charge on any atom is 0.250 e. The Morgan fingerprint density at radius 3 is 2.87 bits per heavy atom. The van der Waals surface area contributed by atoms with Crippen LogP contribution in [0, 0.1) is 5.92 Å².